The Kier molecular flexibility index (Phi) is 5.30. The fraction of sp³-hybridized carbons (Fsp3) is 0.333. The molecule has 0 aromatic heterocycles. The van der Waals surface area contributed by atoms with E-state index in [0.29, 0.717) is 4.90 Å². The molecule has 1 aromatic rings. The van der Waals surface area contributed by atoms with E-state index in [-0.39, 0.29) is 29.6 Å². The number of carbonyl (C=O) groups is 2. The van der Waals surface area contributed by atoms with Crippen LogP contribution >= 0.6 is 11.6 Å². The van der Waals surface area contributed by atoms with Gasteiger partial charge < -0.3 is 9.64 Å². The number of halogens is 4. The topological polar surface area (TPSA) is 58.6 Å². The molecule has 0 radical (unpaired) electrons. The van der Waals surface area contributed by atoms with Gasteiger partial charge in [0.2, 0.25) is 5.78 Å². The van der Waals surface area contributed by atoms with Gasteiger partial charge in [0.25, 0.3) is 5.91 Å². The highest BCUT2D eigenvalue weighted by Crippen LogP contribution is 2.32. The molecule has 1 amide bonds. The number of hydrogen-bond acceptors (Lipinski definition) is 4. The van der Waals surface area contributed by atoms with Crippen molar-refractivity contribution in [2.75, 3.05) is 6.67 Å². The molecule has 0 spiro atoms. The Bertz CT molecular complexity index is 821. The number of amides is 1. The van der Waals surface area contributed by atoms with Crippen LogP contribution in [-0.4, -0.2) is 41.5 Å². The Hall–Kier alpha value is -2.32. The van der Waals surface area contributed by atoms with Crippen LogP contribution in [0.25, 0.3) is 0 Å². The van der Waals surface area contributed by atoms with Crippen LogP contribution < -0.4 is 5.32 Å². The molecule has 1 aliphatic carbocycles. The molecule has 1 N–H and O–H groups in total. The second-order valence-corrected chi connectivity index (χ2v) is 6.60. The molecule has 5 nitrogen and oxygen atoms in total. The summed E-state index contributed by atoms with van der Waals surface area (Å²) in [5, 5.41) is 2.64. The van der Waals surface area contributed by atoms with E-state index in [4.69, 9.17) is 16.3 Å². The van der Waals surface area contributed by atoms with Gasteiger partial charge in [-0.1, -0.05) is 41.9 Å². The first-order valence-electron chi connectivity index (χ1n) is 8.14. The number of ketones is 1. The summed E-state index contributed by atoms with van der Waals surface area (Å²) in [6, 6.07) is 6.06. The minimum absolute atomic E-state index is 0.0234. The molecule has 1 heterocycles. The number of nitrogens with zero attached hydrogens (tertiary/aromatic N) is 1. The molecule has 1 aliphatic heterocycles. The number of Topliss-reactive ketones (excluding diaryl/α,β-unsaturated/α-hetero) is 1. The minimum atomic E-state index is -4.60. The first-order valence-corrected chi connectivity index (χ1v) is 8.52. The van der Waals surface area contributed by atoms with Gasteiger partial charge in [0.05, 0.1) is 23.3 Å². The molecule has 3 rings (SSSR count). The number of fused-ring (bicyclic) bond motifs is 1. The maximum atomic E-state index is 13.1. The highest BCUT2D eigenvalue weighted by Gasteiger charge is 2.47. The van der Waals surface area contributed by atoms with E-state index in [2.05, 4.69) is 5.32 Å². The van der Waals surface area contributed by atoms with Gasteiger partial charge in [0.15, 0.2) is 5.76 Å². The molecule has 9 heteroatoms. The number of alkyl halides is 3. The van der Waals surface area contributed by atoms with E-state index >= 15 is 0 Å². The third-order valence-corrected chi connectivity index (χ3v) is 4.73. The van der Waals surface area contributed by atoms with Gasteiger partial charge in [0.1, 0.15) is 12.6 Å². The normalized spacial score (nSPS) is 21.7. The second-order valence-electron chi connectivity index (χ2n) is 6.19. The molecular formula is C18H16ClF3N2O3. The standard InChI is InChI=1S/C18H16ClF3N2O3/c1-10(18(20,21)22)24-9-23-13-7-12(19)15(25)16(14(13)17(24)26)27-8-11-5-3-2-4-6-11/h2-7,10,13,23H,8-9H2,1H3/t10-,13?/m1/s1. The van der Waals surface area contributed by atoms with Gasteiger partial charge in [-0.25, -0.2) is 0 Å². The van der Waals surface area contributed by atoms with E-state index in [1.54, 1.807) is 30.3 Å². The van der Waals surface area contributed by atoms with Crippen LogP contribution in [0.15, 0.2) is 52.8 Å². The monoisotopic (exact) mass is 400 g/mol. The number of rotatable bonds is 4. The van der Waals surface area contributed by atoms with Crippen molar-refractivity contribution in [2.45, 2.75) is 31.8 Å². The molecule has 1 aromatic carbocycles. The quantitative estimate of drug-likeness (QED) is 0.844. The summed E-state index contributed by atoms with van der Waals surface area (Å²) in [6.45, 7) is 0.539. The molecular weight excluding hydrogens is 385 g/mol. The maximum absolute atomic E-state index is 13.1. The summed E-state index contributed by atoms with van der Waals surface area (Å²) in [7, 11) is 0. The zero-order valence-electron chi connectivity index (χ0n) is 14.2. The van der Waals surface area contributed by atoms with Gasteiger partial charge in [-0.2, -0.15) is 13.2 Å². The minimum Gasteiger partial charge on any atom is -0.484 e. The van der Waals surface area contributed by atoms with E-state index in [0.717, 1.165) is 12.5 Å². The molecule has 1 unspecified atom stereocenters. The lowest BCUT2D eigenvalue weighted by atomic mass is 9.94. The highest BCUT2D eigenvalue weighted by molar-refractivity contribution is 6.45. The summed E-state index contributed by atoms with van der Waals surface area (Å²) in [5.74, 6) is -1.95. The molecule has 27 heavy (non-hydrogen) atoms. The molecule has 0 bridgehead atoms. The molecule has 2 aliphatic rings. The van der Waals surface area contributed by atoms with Crippen molar-refractivity contribution in [2.24, 2.45) is 0 Å². The van der Waals surface area contributed by atoms with E-state index in [1.807, 2.05) is 0 Å². The van der Waals surface area contributed by atoms with Crippen LogP contribution in [0.4, 0.5) is 13.2 Å². The van der Waals surface area contributed by atoms with Crippen molar-refractivity contribution in [3.8, 4) is 0 Å². The van der Waals surface area contributed by atoms with Crippen LogP contribution in [0.1, 0.15) is 12.5 Å². The van der Waals surface area contributed by atoms with E-state index in [9.17, 15) is 22.8 Å². The Balaban J connectivity index is 1.93. The van der Waals surface area contributed by atoms with Gasteiger partial charge in [-0.05, 0) is 18.6 Å². The third kappa shape index (κ3) is 3.86. The first-order chi connectivity index (χ1) is 12.7. The SMILES string of the molecule is C[C@@H](N1CNC2C=C(Cl)C(=O)C(OCc3ccccc3)=C2C1=O)C(F)(F)F. The average Bonchev–Trinajstić information content (AvgIpc) is 2.62. The molecule has 0 saturated carbocycles. The zero-order valence-corrected chi connectivity index (χ0v) is 15.0. The number of nitrogens with one attached hydrogen (secondary N) is 1. The van der Waals surface area contributed by atoms with Gasteiger partial charge in [-0.15, -0.1) is 0 Å². The predicted molar refractivity (Wildman–Crippen MR) is 91.4 cm³/mol. The Morgan fingerprint density at radius 2 is 1.96 bits per heavy atom. The van der Waals surface area contributed by atoms with E-state index < -0.39 is 30.0 Å². The Morgan fingerprint density at radius 3 is 2.59 bits per heavy atom. The molecule has 144 valence electrons. The first kappa shape index (κ1) is 19.4. The Morgan fingerprint density at radius 1 is 1.30 bits per heavy atom. The summed E-state index contributed by atoms with van der Waals surface area (Å²) in [4.78, 5) is 25.8. The highest BCUT2D eigenvalue weighted by atomic mass is 35.5. The van der Waals surface area contributed by atoms with Crippen molar-refractivity contribution >= 4 is 23.3 Å². The van der Waals surface area contributed by atoms with Crippen molar-refractivity contribution in [1.82, 2.24) is 10.2 Å². The van der Waals surface area contributed by atoms with Crippen LogP contribution in [0, 0.1) is 0 Å². The number of hydrogen-bond donors (Lipinski definition) is 1. The third-order valence-electron chi connectivity index (χ3n) is 4.43. The number of ether oxygens (including phenoxy) is 1. The predicted octanol–water partition coefficient (Wildman–Crippen LogP) is 2.87. The van der Waals surface area contributed by atoms with Crippen LogP contribution in [0.3, 0.4) is 0 Å². The van der Waals surface area contributed by atoms with Gasteiger partial charge >= 0.3 is 6.18 Å². The maximum Gasteiger partial charge on any atom is 0.408 e. The fourth-order valence-electron chi connectivity index (χ4n) is 2.85. The van der Waals surface area contributed by atoms with Crippen LogP contribution in [0.5, 0.6) is 0 Å². The number of carbonyl (C=O) groups excluding carboxylic acids is 2. The summed E-state index contributed by atoms with van der Waals surface area (Å²) in [6.07, 6.45) is -3.29. The van der Waals surface area contributed by atoms with Crippen molar-refractivity contribution in [1.29, 1.82) is 0 Å². The second kappa shape index (κ2) is 7.36. The summed E-state index contributed by atoms with van der Waals surface area (Å²) < 4.78 is 44.7. The zero-order chi connectivity index (χ0) is 19.8. The lowest BCUT2D eigenvalue weighted by molar-refractivity contribution is -0.186. The number of benzene rings is 1. The largest absolute Gasteiger partial charge is 0.484 e. The lowest BCUT2D eigenvalue weighted by Gasteiger charge is -2.39. The number of allylic oxidation sites excluding steroid dienone is 1. The fourth-order valence-corrected chi connectivity index (χ4v) is 3.07. The van der Waals surface area contributed by atoms with Crippen LogP contribution in [-0.2, 0) is 20.9 Å². The smallest absolute Gasteiger partial charge is 0.408 e. The van der Waals surface area contributed by atoms with Crippen LogP contribution in [0.2, 0.25) is 0 Å². The summed E-state index contributed by atoms with van der Waals surface area (Å²) in [5.41, 5.74) is 0.569. The molecule has 1 saturated heterocycles. The van der Waals surface area contributed by atoms with Gasteiger partial charge in [0, 0.05) is 0 Å². The lowest BCUT2D eigenvalue weighted by Crippen LogP contribution is -2.59. The van der Waals surface area contributed by atoms with Crippen molar-refractivity contribution in [3.63, 3.8) is 0 Å². The molecule has 2 atom stereocenters. The van der Waals surface area contributed by atoms with E-state index in [1.165, 1.54) is 6.08 Å². The Labute approximate surface area is 158 Å². The summed E-state index contributed by atoms with van der Waals surface area (Å²) >= 11 is 5.94. The van der Waals surface area contributed by atoms with Crippen molar-refractivity contribution in [3.05, 3.63) is 58.3 Å². The molecule has 1 fully saturated rings. The van der Waals surface area contributed by atoms with Crippen molar-refractivity contribution < 1.29 is 27.5 Å². The van der Waals surface area contributed by atoms with Gasteiger partial charge in [-0.3, -0.25) is 14.9 Å². The average molecular weight is 401 g/mol.